The van der Waals surface area contributed by atoms with E-state index in [0.29, 0.717) is 16.4 Å². The maximum Gasteiger partial charge on any atom is 0.257 e. The first-order valence-corrected chi connectivity index (χ1v) is 7.53. The van der Waals surface area contributed by atoms with E-state index in [9.17, 15) is 4.79 Å². The van der Waals surface area contributed by atoms with Crippen molar-refractivity contribution in [1.82, 2.24) is 4.98 Å². The maximum absolute atomic E-state index is 12.1. The Labute approximate surface area is 126 Å². The summed E-state index contributed by atoms with van der Waals surface area (Å²) in [7, 11) is 1.72. The van der Waals surface area contributed by atoms with Gasteiger partial charge in [-0.05, 0) is 30.5 Å². The number of carbonyl (C=O) groups excluding carboxylic acids is 1. The van der Waals surface area contributed by atoms with Gasteiger partial charge in [0.15, 0.2) is 0 Å². The zero-order chi connectivity index (χ0) is 14.5. The molecule has 1 aromatic heterocycles. The van der Waals surface area contributed by atoms with Crippen molar-refractivity contribution in [3.05, 3.63) is 47.1 Å². The van der Waals surface area contributed by atoms with Gasteiger partial charge in [0.2, 0.25) is 0 Å². The van der Waals surface area contributed by atoms with Crippen molar-refractivity contribution in [2.24, 2.45) is 0 Å². The third kappa shape index (κ3) is 3.43. The highest BCUT2D eigenvalue weighted by molar-refractivity contribution is 7.98. The summed E-state index contributed by atoms with van der Waals surface area (Å²) in [5.74, 6) is 0.313. The number of halogens is 1. The van der Waals surface area contributed by atoms with E-state index in [0.717, 1.165) is 10.6 Å². The molecule has 2 N–H and O–H groups in total. The minimum atomic E-state index is -0.236. The highest BCUT2D eigenvalue weighted by Gasteiger charge is 2.10. The first kappa shape index (κ1) is 14.7. The van der Waals surface area contributed by atoms with Gasteiger partial charge < -0.3 is 10.6 Å². The molecule has 1 amide bonds. The van der Waals surface area contributed by atoms with Gasteiger partial charge >= 0.3 is 0 Å². The Kier molecular flexibility index (Phi) is 4.87. The summed E-state index contributed by atoms with van der Waals surface area (Å²) >= 11 is 7.64. The topological polar surface area (TPSA) is 54.0 Å². The first-order valence-electron chi connectivity index (χ1n) is 5.92. The van der Waals surface area contributed by atoms with Crippen LogP contribution in [0.4, 0.5) is 11.5 Å². The second-order valence-corrected chi connectivity index (χ2v) is 5.28. The van der Waals surface area contributed by atoms with Crippen LogP contribution in [0.25, 0.3) is 0 Å². The SMILES string of the molecule is CNc1ncc(C(=O)Nc2cccc(SC)c2)cc1Cl. The van der Waals surface area contributed by atoms with E-state index in [-0.39, 0.29) is 5.91 Å². The predicted molar refractivity (Wildman–Crippen MR) is 85.0 cm³/mol. The van der Waals surface area contributed by atoms with Crippen LogP contribution in [0.15, 0.2) is 41.4 Å². The summed E-state index contributed by atoms with van der Waals surface area (Å²) < 4.78 is 0. The number of nitrogens with one attached hydrogen (secondary N) is 2. The van der Waals surface area contributed by atoms with Crippen molar-refractivity contribution in [3.8, 4) is 0 Å². The van der Waals surface area contributed by atoms with E-state index in [4.69, 9.17) is 11.6 Å². The molecule has 1 heterocycles. The van der Waals surface area contributed by atoms with Crippen molar-refractivity contribution in [3.63, 3.8) is 0 Å². The van der Waals surface area contributed by atoms with Gasteiger partial charge in [-0.15, -0.1) is 11.8 Å². The molecule has 4 nitrogen and oxygen atoms in total. The zero-order valence-corrected chi connectivity index (χ0v) is 12.7. The van der Waals surface area contributed by atoms with Crippen LogP contribution in [0.1, 0.15) is 10.4 Å². The number of rotatable bonds is 4. The van der Waals surface area contributed by atoms with E-state index in [1.165, 1.54) is 6.20 Å². The van der Waals surface area contributed by atoms with Gasteiger partial charge in [0.1, 0.15) is 5.82 Å². The molecule has 0 aliphatic heterocycles. The second-order valence-electron chi connectivity index (χ2n) is 3.99. The number of pyridine rings is 1. The number of thioether (sulfide) groups is 1. The van der Waals surface area contributed by atoms with Crippen LogP contribution in [-0.2, 0) is 0 Å². The summed E-state index contributed by atoms with van der Waals surface area (Å²) in [6, 6.07) is 9.24. The molecule has 2 aromatic rings. The molecule has 0 saturated carbocycles. The van der Waals surface area contributed by atoms with Crippen LogP contribution in [0.2, 0.25) is 5.02 Å². The van der Waals surface area contributed by atoms with Crippen molar-refractivity contribution in [2.75, 3.05) is 23.9 Å². The number of aromatic nitrogens is 1. The van der Waals surface area contributed by atoms with E-state index >= 15 is 0 Å². The summed E-state index contributed by atoms with van der Waals surface area (Å²) in [6.07, 6.45) is 3.48. The van der Waals surface area contributed by atoms with Gasteiger partial charge in [-0.25, -0.2) is 4.98 Å². The summed E-state index contributed by atoms with van der Waals surface area (Å²) in [6.45, 7) is 0. The van der Waals surface area contributed by atoms with Gasteiger partial charge in [-0.2, -0.15) is 0 Å². The molecule has 0 aliphatic carbocycles. The number of nitrogens with zero attached hydrogens (tertiary/aromatic N) is 1. The molecule has 0 saturated heterocycles. The van der Waals surface area contributed by atoms with Crippen molar-refractivity contribution >= 4 is 40.8 Å². The molecular formula is C14H14ClN3OS. The number of anilines is 2. The van der Waals surface area contributed by atoms with Crippen LogP contribution in [0.3, 0.4) is 0 Å². The molecule has 0 radical (unpaired) electrons. The molecular weight excluding hydrogens is 294 g/mol. The number of amides is 1. The monoisotopic (exact) mass is 307 g/mol. The lowest BCUT2D eigenvalue weighted by Crippen LogP contribution is -2.12. The molecule has 0 aliphatic rings. The highest BCUT2D eigenvalue weighted by Crippen LogP contribution is 2.22. The minimum absolute atomic E-state index is 0.236. The molecule has 0 atom stereocenters. The third-order valence-electron chi connectivity index (χ3n) is 2.67. The van der Waals surface area contributed by atoms with Crippen LogP contribution < -0.4 is 10.6 Å². The Morgan fingerprint density at radius 3 is 2.80 bits per heavy atom. The largest absolute Gasteiger partial charge is 0.372 e. The van der Waals surface area contributed by atoms with E-state index in [2.05, 4.69) is 15.6 Å². The average Bonchev–Trinajstić information content (AvgIpc) is 2.47. The Hall–Kier alpha value is -1.72. The molecule has 20 heavy (non-hydrogen) atoms. The van der Waals surface area contributed by atoms with Crippen LogP contribution in [0, 0.1) is 0 Å². The van der Waals surface area contributed by atoms with E-state index in [1.54, 1.807) is 24.9 Å². The number of hydrogen-bond acceptors (Lipinski definition) is 4. The molecule has 0 unspecified atom stereocenters. The number of carbonyl (C=O) groups is 1. The van der Waals surface area contributed by atoms with Gasteiger partial charge in [0, 0.05) is 23.8 Å². The third-order valence-corrected chi connectivity index (χ3v) is 3.68. The summed E-state index contributed by atoms with van der Waals surface area (Å²) in [4.78, 5) is 17.3. The van der Waals surface area contributed by atoms with E-state index in [1.807, 2.05) is 30.5 Å². The molecule has 0 bridgehead atoms. The average molecular weight is 308 g/mol. The Morgan fingerprint density at radius 2 is 2.15 bits per heavy atom. The number of hydrogen-bond donors (Lipinski definition) is 2. The highest BCUT2D eigenvalue weighted by atomic mass is 35.5. The summed E-state index contributed by atoms with van der Waals surface area (Å²) in [5, 5.41) is 6.09. The fraction of sp³-hybridized carbons (Fsp3) is 0.143. The smallest absolute Gasteiger partial charge is 0.257 e. The first-order chi connectivity index (χ1) is 9.63. The fourth-order valence-electron chi connectivity index (χ4n) is 1.65. The molecule has 104 valence electrons. The Morgan fingerprint density at radius 1 is 1.35 bits per heavy atom. The fourth-order valence-corrected chi connectivity index (χ4v) is 2.37. The van der Waals surface area contributed by atoms with Crippen molar-refractivity contribution in [1.29, 1.82) is 0 Å². The standard InChI is InChI=1S/C14H14ClN3OS/c1-16-13-12(15)6-9(8-17-13)14(19)18-10-4-3-5-11(7-10)20-2/h3-8H,1-2H3,(H,16,17)(H,18,19). The zero-order valence-electron chi connectivity index (χ0n) is 11.1. The lowest BCUT2D eigenvalue weighted by Gasteiger charge is -2.08. The van der Waals surface area contributed by atoms with E-state index < -0.39 is 0 Å². The van der Waals surface area contributed by atoms with Crippen molar-refractivity contribution in [2.45, 2.75) is 4.90 Å². The van der Waals surface area contributed by atoms with Gasteiger partial charge in [0.05, 0.1) is 10.6 Å². The van der Waals surface area contributed by atoms with Crippen LogP contribution >= 0.6 is 23.4 Å². The predicted octanol–water partition coefficient (Wildman–Crippen LogP) is 3.75. The quantitative estimate of drug-likeness (QED) is 0.845. The normalized spacial score (nSPS) is 10.2. The van der Waals surface area contributed by atoms with Gasteiger partial charge in [-0.1, -0.05) is 17.7 Å². The van der Waals surface area contributed by atoms with Crippen LogP contribution in [-0.4, -0.2) is 24.2 Å². The van der Waals surface area contributed by atoms with Crippen LogP contribution in [0.5, 0.6) is 0 Å². The lowest BCUT2D eigenvalue weighted by atomic mass is 10.2. The molecule has 6 heteroatoms. The summed E-state index contributed by atoms with van der Waals surface area (Å²) in [5.41, 5.74) is 1.17. The second kappa shape index (κ2) is 6.63. The minimum Gasteiger partial charge on any atom is -0.372 e. The Balaban J connectivity index is 2.17. The molecule has 1 aromatic carbocycles. The molecule has 2 rings (SSSR count). The van der Waals surface area contributed by atoms with Gasteiger partial charge in [-0.3, -0.25) is 4.79 Å². The Bertz CT molecular complexity index is 634. The van der Waals surface area contributed by atoms with Crippen molar-refractivity contribution < 1.29 is 4.79 Å². The lowest BCUT2D eigenvalue weighted by molar-refractivity contribution is 0.102. The van der Waals surface area contributed by atoms with Gasteiger partial charge in [0.25, 0.3) is 5.91 Å². The number of benzene rings is 1. The maximum atomic E-state index is 12.1. The molecule has 0 fully saturated rings. The molecule has 0 spiro atoms.